The molecule has 0 atom stereocenters. The molecule has 0 unspecified atom stereocenters. The number of benzene rings is 2. The van der Waals surface area contributed by atoms with Gasteiger partial charge in [-0.05, 0) is 56.2 Å². The van der Waals surface area contributed by atoms with Crippen LogP contribution < -0.4 is 5.32 Å². The van der Waals surface area contributed by atoms with Gasteiger partial charge in [0.1, 0.15) is 0 Å². The van der Waals surface area contributed by atoms with E-state index in [1.807, 2.05) is 6.92 Å². The minimum absolute atomic E-state index is 0.197. The zero-order valence-corrected chi connectivity index (χ0v) is 17.1. The van der Waals surface area contributed by atoms with Crippen LogP contribution in [0.15, 0.2) is 53.4 Å². The topological polar surface area (TPSA) is 92.8 Å². The number of rotatable bonds is 6. The van der Waals surface area contributed by atoms with Crippen LogP contribution in [0.4, 0.5) is 5.69 Å². The average Bonchev–Trinajstić information content (AvgIpc) is 2.73. The van der Waals surface area contributed by atoms with Gasteiger partial charge in [-0.2, -0.15) is 4.31 Å². The number of piperidine rings is 1. The molecule has 1 heterocycles. The van der Waals surface area contributed by atoms with E-state index in [4.69, 9.17) is 4.74 Å². The first-order valence-electron chi connectivity index (χ1n) is 9.50. The summed E-state index contributed by atoms with van der Waals surface area (Å²) in [5.41, 5.74) is 1.82. The second-order valence-electron chi connectivity index (χ2n) is 6.98. The summed E-state index contributed by atoms with van der Waals surface area (Å²) in [4.78, 5) is 24.2. The summed E-state index contributed by atoms with van der Waals surface area (Å²) >= 11 is 0. The van der Waals surface area contributed by atoms with Crippen molar-refractivity contribution in [3.63, 3.8) is 0 Å². The first-order valence-corrected chi connectivity index (χ1v) is 10.9. The van der Waals surface area contributed by atoms with Gasteiger partial charge in [-0.3, -0.25) is 4.79 Å². The lowest BCUT2D eigenvalue weighted by Gasteiger charge is -2.25. The van der Waals surface area contributed by atoms with E-state index < -0.39 is 28.5 Å². The van der Waals surface area contributed by atoms with Crippen molar-refractivity contribution in [3.8, 4) is 0 Å². The quantitative estimate of drug-likeness (QED) is 0.731. The molecule has 1 fully saturated rings. The highest BCUT2D eigenvalue weighted by atomic mass is 32.2. The van der Waals surface area contributed by atoms with Gasteiger partial charge in [-0.25, -0.2) is 13.2 Å². The molecule has 8 heteroatoms. The molecular weight excluding hydrogens is 392 g/mol. The molecule has 7 nitrogen and oxygen atoms in total. The van der Waals surface area contributed by atoms with Gasteiger partial charge in [-0.1, -0.05) is 24.1 Å². The number of ether oxygens (including phenoxy) is 1. The van der Waals surface area contributed by atoms with Crippen molar-refractivity contribution < 1.29 is 22.7 Å². The standard InChI is InChI=1S/C21H24N2O5S/c1-16-5-7-17(8-6-16)21(25)28-15-20(24)22-18-9-11-19(12-10-18)29(26,27)23-13-3-2-4-14-23/h5-12H,2-4,13-15H2,1H3,(H,22,24). The zero-order valence-electron chi connectivity index (χ0n) is 16.3. The minimum atomic E-state index is -3.51. The maximum Gasteiger partial charge on any atom is 0.338 e. The second-order valence-corrected chi connectivity index (χ2v) is 8.92. The molecule has 3 rings (SSSR count). The van der Waals surface area contributed by atoms with Crippen LogP contribution in [0.25, 0.3) is 0 Å². The Morgan fingerprint density at radius 2 is 1.59 bits per heavy atom. The molecule has 29 heavy (non-hydrogen) atoms. The van der Waals surface area contributed by atoms with Crippen molar-refractivity contribution in [2.75, 3.05) is 25.0 Å². The van der Waals surface area contributed by atoms with E-state index in [0.717, 1.165) is 24.8 Å². The summed E-state index contributed by atoms with van der Waals surface area (Å²) in [6.45, 7) is 2.55. The molecule has 0 radical (unpaired) electrons. The highest BCUT2D eigenvalue weighted by molar-refractivity contribution is 7.89. The van der Waals surface area contributed by atoms with Gasteiger partial charge in [-0.15, -0.1) is 0 Å². The maximum absolute atomic E-state index is 12.6. The highest BCUT2D eigenvalue weighted by Gasteiger charge is 2.25. The van der Waals surface area contributed by atoms with Crippen molar-refractivity contribution >= 4 is 27.6 Å². The predicted molar refractivity (Wildman–Crippen MR) is 109 cm³/mol. The van der Waals surface area contributed by atoms with Crippen LogP contribution >= 0.6 is 0 Å². The maximum atomic E-state index is 12.6. The third kappa shape index (κ3) is 5.42. The molecule has 1 aliphatic heterocycles. The second kappa shape index (κ2) is 9.19. The summed E-state index contributed by atoms with van der Waals surface area (Å²) in [6.07, 6.45) is 2.79. The van der Waals surface area contributed by atoms with Gasteiger partial charge in [0.2, 0.25) is 10.0 Å². The van der Waals surface area contributed by atoms with Crippen LogP contribution in [-0.2, 0) is 19.6 Å². The van der Waals surface area contributed by atoms with E-state index in [-0.39, 0.29) is 4.90 Å². The lowest BCUT2D eigenvalue weighted by molar-refractivity contribution is -0.119. The van der Waals surface area contributed by atoms with E-state index >= 15 is 0 Å². The fourth-order valence-electron chi connectivity index (χ4n) is 3.07. The minimum Gasteiger partial charge on any atom is -0.452 e. The summed E-state index contributed by atoms with van der Waals surface area (Å²) in [5, 5.41) is 2.59. The Hall–Kier alpha value is -2.71. The molecule has 0 bridgehead atoms. The van der Waals surface area contributed by atoms with Crippen molar-refractivity contribution in [3.05, 3.63) is 59.7 Å². The van der Waals surface area contributed by atoms with Crippen molar-refractivity contribution in [1.82, 2.24) is 4.31 Å². The molecule has 1 aliphatic rings. The molecule has 0 saturated carbocycles. The number of nitrogens with zero attached hydrogens (tertiary/aromatic N) is 1. The first kappa shape index (κ1) is 21.0. The molecular formula is C21H24N2O5S. The van der Waals surface area contributed by atoms with Gasteiger partial charge < -0.3 is 10.1 Å². The van der Waals surface area contributed by atoms with Crippen molar-refractivity contribution in [2.45, 2.75) is 31.1 Å². The molecule has 0 aliphatic carbocycles. The van der Waals surface area contributed by atoms with Gasteiger partial charge in [0, 0.05) is 18.8 Å². The molecule has 0 aromatic heterocycles. The van der Waals surface area contributed by atoms with Gasteiger partial charge in [0.15, 0.2) is 6.61 Å². The summed E-state index contributed by atoms with van der Waals surface area (Å²) in [5.74, 6) is -1.08. The SMILES string of the molecule is Cc1ccc(C(=O)OCC(=O)Nc2ccc(S(=O)(=O)N3CCCCC3)cc2)cc1. The van der Waals surface area contributed by atoms with Crippen molar-refractivity contribution in [2.24, 2.45) is 0 Å². The average molecular weight is 416 g/mol. The Morgan fingerprint density at radius 1 is 0.966 bits per heavy atom. The zero-order chi connectivity index (χ0) is 20.9. The van der Waals surface area contributed by atoms with Crippen LogP contribution in [0, 0.1) is 6.92 Å². The van der Waals surface area contributed by atoms with Crippen LogP contribution in [0.1, 0.15) is 35.2 Å². The fourth-order valence-corrected chi connectivity index (χ4v) is 4.58. The number of esters is 1. The Balaban J connectivity index is 1.54. The smallest absolute Gasteiger partial charge is 0.338 e. The van der Waals surface area contributed by atoms with Crippen LogP contribution in [-0.4, -0.2) is 44.3 Å². The number of anilines is 1. The Labute approximate surface area is 170 Å². The number of nitrogens with one attached hydrogen (secondary N) is 1. The van der Waals surface area contributed by atoms with Crippen molar-refractivity contribution in [1.29, 1.82) is 0 Å². The van der Waals surface area contributed by atoms with E-state index in [2.05, 4.69) is 5.32 Å². The fraction of sp³-hybridized carbons (Fsp3) is 0.333. The number of carbonyl (C=O) groups excluding carboxylic acids is 2. The van der Waals surface area contributed by atoms with Gasteiger partial charge in [0.05, 0.1) is 10.5 Å². The molecule has 154 valence electrons. The third-order valence-electron chi connectivity index (χ3n) is 4.71. The van der Waals surface area contributed by atoms with Gasteiger partial charge in [0.25, 0.3) is 5.91 Å². The monoisotopic (exact) mass is 416 g/mol. The van der Waals surface area contributed by atoms with E-state index in [1.54, 1.807) is 24.3 Å². The number of hydrogen-bond acceptors (Lipinski definition) is 5. The number of amides is 1. The van der Waals surface area contributed by atoms with Crippen LogP contribution in [0.2, 0.25) is 0 Å². The Kier molecular flexibility index (Phi) is 6.66. The molecule has 2 aromatic carbocycles. The van der Waals surface area contributed by atoms with E-state index in [0.29, 0.717) is 24.3 Å². The summed E-state index contributed by atoms with van der Waals surface area (Å²) in [6, 6.07) is 12.8. The molecule has 1 N–H and O–H groups in total. The lowest BCUT2D eigenvalue weighted by atomic mass is 10.1. The lowest BCUT2D eigenvalue weighted by Crippen LogP contribution is -2.35. The predicted octanol–water partition coefficient (Wildman–Crippen LogP) is 2.97. The Bertz CT molecular complexity index is 963. The van der Waals surface area contributed by atoms with Gasteiger partial charge >= 0.3 is 5.97 Å². The first-order chi connectivity index (χ1) is 13.9. The van der Waals surface area contributed by atoms with E-state index in [1.165, 1.54) is 28.6 Å². The summed E-state index contributed by atoms with van der Waals surface area (Å²) in [7, 11) is -3.51. The number of aryl methyl sites for hydroxylation is 1. The third-order valence-corrected chi connectivity index (χ3v) is 6.63. The molecule has 2 aromatic rings. The largest absolute Gasteiger partial charge is 0.452 e. The molecule has 1 saturated heterocycles. The molecule has 0 spiro atoms. The number of hydrogen-bond donors (Lipinski definition) is 1. The van der Waals surface area contributed by atoms with E-state index in [9.17, 15) is 18.0 Å². The normalized spacial score (nSPS) is 14.9. The number of sulfonamides is 1. The molecule has 1 amide bonds. The van der Waals surface area contributed by atoms with Crippen LogP contribution in [0.5, 0.6) is 0 Å². The highest BCUT2D eigenvalue weighted by Crippen LogP contribution is 2.22. The summed E-state index contributed by atoms with van der Waals surface area (Å²) < 4.78 is 31.8. The number of carbonyl (C=O) groups is 2. The Morgan fingerprint density at radius 3 is 2.21 bits per heavy atom. The van der Waals surface area contributed by atoms with Crippen LogP contribution in [0.3, 0.4) is 0 Å².